The van der Waals surface area contributed by atoms with Crippen LogP contribution in [0.3, 0.4) is 0 Å². The van der Waals surface area contributed by atoms with Crippen molar-refractivity contribution in [3.05, 3.63) is 22.8 Å². The van der Waals surface area contributed by atoms with Gasteiger partial charge in [-0.15, -0.1) is 23.7 Å². The van der Waals surface area contributed by atoms with Crippen LogP contribution in [0.15, 0.2) is 17.8 Å². The first kappa shape index (κ1) is 13.2. The van der Waals surface area contributed by atoms with E-state index in [1.165, 1.54) is 0 Å². The molecule has 16 heavy (non-hydrogen) atoms. The second-order valence-electron chi connectivity index (χ2n) is 3.31. The van der Waals surface area contributed by atoms with Gasteiger partial charge in [-0.05, 0) is 6.54 Å². The number of rotatable bonds is 4. The van der Waals surface area contributed by atoms with Crippen LogP contribution in [-0.2, 0) is 13.6 Å². The molecule has 0 aliphatic heterocycles. The number of nitrogens with one attached hydrogen (secondary N) is 1. The van der Waals surface area contributed by atoms with E-state index in [0.29, 0.717) is 0 Å². The van der Waals surface area contributed by atoms with Gasteiger partial charge in [-0.1, -0.05) is 6.92 Å². The molecule has 0 radical (unpaired) electrons. The van der Waals surface area contributed by atoms with Gasteiger partial charge in [-0.3, -0.25) is 4.68 Å². The summed E-state index contributed by atoms with van der Waals surface area (Å²) in [7, 11) is 1.91. The normalized spacial score (nSPS) is 10.1. The van der Waals surface area contributed by atoms with E-state index in [9.17, 15) is 0 Å². The summed E-state index contributed by atoms with van der Waals surface area (Å²) in [5.74, 6) is 0. The molecule has 0 spiro atoms. The van der Waals surface area contributed by atoms with Crippen LogP contribution in [0.1, 0.15) is 11.9 Å². The molecule has 0 fully saturated rings. The van der Waals surface area contributed by atoms with E-state index in [0.717, 1.165) is 29.4 Å². The molecule has 2 rings (SSSR count). The van der Waals surface area contributed by atoms with Gasteiger partial charge in [0.1, 0.15) is 5.01 Å². The summed E-state index contributed by atoms with van der Waals surface area (Å²) in [5.41, 5.74) is 2.09. The predicted octanol–water partition coefficient (Wildman–Crippen LogP) is 2.07. The van der Waals surface area contributed by atoms with Crippen LogP contribution < -0.4 is 5.32 Å². The van der Waals surface area contributed by atoms with Crippen LogP contribution in [0.2, 0.25) is 0 Å². The van der Waals surface area contributed by atoms with Gasteiger partial charge in [0.05, 0.1) is 11.9 Å². The number of hydrogen-bond acceptors (Lipinski definition) is 4. The summed E-state index contributed by atoms with van der Waals surface area (Å²) in [6, 6.07) is 0. The van der Waals surface area contributed by atoms with Gasteiger partial charge in [-0.2, -0.15) is 5.10 Å². The lowest BCUT2D eigenvalue weighted by molar-refractivity contribution is 0.723. The highest BCUT2D eigenvalue weighted by molar-refractivity contribution is 7.09. The minimum atomic E-state index is 0. The standard InChI is InChI=1S/C10H14N4S.ClH/c1-3-11-5-10-13-9(7-15-10)8-4-12-14(2)6-8;/h4,6-7,11H,3,5H2,1-2H3;1H. The molecule has 0 aromatic carbocycles. The monoisotopic (exact) mass is 258 g/mol. The van der Waals surface area contributed by atoms with Gasteiger partial charge < -0.3 is 5.32 Å². The van der Waals surface area contributed by atoms with Crippen molar-refractivity contribution in [3.63, 3.8) is 0 Å². The Hall–Kier alpha value is -0.910. The summed E-state index contributed by atoms with van der Waals surface area (Å²) in [4.78, 5) is 4.53. The van der Waals surface area contributed by atoms with Gasteiger partial charge in [0.15, 0.2) is 0 Å². The third-order valence-corrected chi connectivity index (χ3v) is 2.93. The lowest BCUT2D eigenvalue weighted by atomic mass is 10.3. The van der Waals surface area contributed by atoms with Gasteiger partial charge in [0.2, 0.25) is 0 Å². The molecule has 0 aliphatic carbocycles. The van der Waals surface area contributed by atoms with Crippen LogP contribution >= 0.6 is 23.7 Å². The first-order valence-electron chi connectivity index (χ1n) is 4.93. The lowest BCUT2D eigenvalue weighted by Crippen LogP contribution is -2.11. The SMILES string of the molecule is CCNCc1nc(-c2cnn(C)c2)cs1.Cl. The molecule has 0 amide bonds. The molecule has 0 saturated carbocycles. The van der Waals surface area contributed by atoms with Gasteiger partial charge >= 0.3 is 0 Å². The van der Waals surface area contributed by atoms with E-state index < -0.39 is 0 Å². The molecule has 6 heteroatoms. The zero-order valence-electron chi connectivity index (χ0n) is 9.30. The Morgan fingerprint density at radius 1 is 1.50 bits per heavy atom. The molecule has 1 N–H and O–H groups in total. The Balaban J connectivity index is 0.00000128. The first-order chi connectivity index (χ1) is 7.29. The van der Waals surface area contributed by atoms with Crippen molar-refractivity contribution < 1.29 is 0 Å². The van der Waals surface area contributed by atoms with Crippen molar-refractivity contribution in [2.75, 3.05) is 6.54 Å². The van der Waals surface area contributed by atoms with Crippen LogP contribution in [0, 0.1) is 0 Å². The summed E-state index contributed by atoms with van der Waals surface area (Å²) in [6.45, 7) is 3.92. The van der Waals surface area contributed by atoms with Crippen LogP contribution in [0.25, 0.3) is 11.3 Å². The molecule has 2 heterocycles. The lowest BCUT2D eigenvalue weighted by Gasteiger charge is -1.94. The molecule has 2 aromatic heterocycles. The van der Waals surface area contributed by atoms with Crippen molar-refractivity contribution in [1.29, 1.82) is 0 Å². The molecule has 0 unspecified atom stereocenters. The maximum Gasteiger partial charge on any atom is 0.107 e. The van der Waals surface area contributed by atoms with Gasteiger partial charge in [0.25, 0.3) is 0 Å². The van der Waals surface area contributed by atoms with Crippen molar-refractivity contribution in [3.8, 4) is 11.3 Å². The maximum atomic E-state index is 4.53. The van der Waals surface area contributed by atoms with Crippen LogP contribution in [0.5, 0.6) is 0 Å². The topological polar surface area (TPSA) is 42.7 Å². The summed E-state index contributed by atoms with van der Waals surface area (Å²) < 4.78 is 1.79. The molecule has 0 bridgehead atoms. The number of nitrogens with zero attached hydrogens (tertiary/aromatic N) is 3. The molecule has 0 atom stereocenters. The van der Waals surface area contributed by atoms with Gasteiger partial charge in [0, 0.05) is 30.7 Å². The number of aromatic nitrogens is 3. The van der Waals surface area contributed by atoms with E-state index >= 15 is 0 Å². The summed E-state index contributed by atoms with van der Waals surface area (Å²) in [6.07, 6.45) is 3.82. The van der Waals surface area contributed by atoms with E-state index in [4.69, 9.17) is 0 Å². The fraction of sp³-hybridized carbons (Fsp3) is 0.400. The van der Waals surface area contributed by atoms with E-state index in [-0.39, 0.29) is 12.4 Å². The van der Waals surface area contributed by atoms with E-state index in [1.54, 1.807) is 16.0 Å². The van der Waals surface area contributed by atoms with Crippen molar-refractivity contribution >= 4 is 23.7 Å². The molecule has 0 aliphatic rings. The van der Waals surface area contributed by atoms with E-state index in [2.05, 4.69) is 27.7 Å². The van der Waals surface area contributed by atoms with Crippen LogP contribution in [-0.4, -0.2) is 21.3 Å². The van der Waals surface area contributed by atoms with Crippen LogP contribution in [0.4, 0.5) is 0 Å². The summed E-state index contributed by atoms with van der Waals surface area (Å²) >= 11 is 1.68. The zero-order valence-corrected chi connectivity index (χ0v) is 10.9. The molecule has 4 nitrogen and oxygen atoms in total. The third-order valence-electron chi connectivity index (χ3n) is 2.08. The predicted molar refractivity (Wildman–Crippen MR) is 68.9 cm³/mol. The first-order valence-corrected chi connectivity index (χ1v) is 5.81. The molecular weight excluding hydrogens is 244 g/mol. The molecule has 0 saturated heterocycles. The van der Waals surface area contributed by atoms with Crippen molar-refractivity contribution in [1.82, 2.24) is 20.1 Å². The average molecular weight is 259 g/mol. The highest BCUT2D eigenvalue weighted by Crippen LogP contribution is 2.20. The Morgan fingerprint density at radius 2 is 2.31 bits per heavy atom. The highest BCUT2D eigenvalue weighted by Gasteiger charge is 2.05. The smallest absolute Gasteiger partial charge is 0.107 e. The van der Waals surface area contributed by atoms with E-state index in [1.807, 2.05) is 19.4 Å². The number of aryl methyl sites for hydroxylation is 1. The second kappa shape index (κ2) is 5.98. The largest absolute Gasteiger partial charge is 0.311 e. The molecular formula is C10H15ClN4S. The molecule has 88 valence electrons. The van der Waals surface area contributed by atoms with Crippen molar-refractivity contribution in [2.24, 2.45) is 7.05 Å². The Kier molecular flexibility index (Phi) is 4.92. The zero-order chi connectivity index (χ0) is 10.7. The number of hydrogen-bond donors (Lipinski definition) is 1. The minimum absolute atomic E-state index is 0. The second-order valence-corrected chi connectivity index (χ2v) is 4.25. The Morgan fingerprint density at radius 3 is 2.94 bits per heavy atom. The highest BCUT2D eigenvalue weighted by atomic mass is 35.5. The maximum absolute atomic E-state index is 4.53. The quantitative estimate of drug-likeness (QED) is 0.913. The van der Waals surface area contributed by atoms with Crippen molar-refractivity contribution in [2.45, 2.75) is 13.5 Å². The average Bonchev–Trinajstić information content (AvgIpc) is 2.83. The fourth-order valence-electron chi connectivity index (χ4n) is 1.31. The third kappa shape index (κ3) is 3.04. The minimum Gasteiger partial charge on any atom is -0.311 e. The Labute approximate surface area is 105 Å². The summed E-state index contributed by atoms with van der Waals surface area (Å²) in [5, 5.41) is 10.6. The number of halogens is 1. The molecule has 2 aromatic rings. The number of thiazole rings is 1. The Bertz CT molecular complexity index is 437. The van der Waals surface area contributed by atoms with Gasteiger partial charge in [-0.25, -0.2) is 4.98 Å². The fourth-order valence-corrected chi connectivity index (χ4v) is 2.08.